The van der Waals surface area contributed by atoms with Crippen molar-refractivity contribution in [3.63, 3.8) is 0 Å². The van der Waals surface area contributed by atoms with E-state index in [9.17, 15) is 9.90 Å². The van der Waals surface area contributed by atoms with Gasteiger partial charge in [0.15, 0.2) is 0 Å². The molecule has 3 rings (SSSR count). The van der Waals surface area contributed by atoms with E-state index in [2.05, 4.69) is 29.8 Å². The van der Waals surface area contributed by atoms with Crippen LogP contribution in [0, 0.1) is 5.92 Å². The third kappa shape index (κ3) is 7.31. The second-order valence-electron chi connectivity index (χ2n) is 9.58. The second kappa shape index (κ2) is 12.5. The Morgan fingerprint density at radius 1 is 1.40 bits per heavy atom. The maximum Gasteiger partial charge on any atom is 0.246 e. The van der Waals surface area contributed by atoms with E-state index in [1.54, 1.807) is 11.8 Å². The number of aliphatic imine (C=N–C) groups is 2. The van der Waals surface area contributed by atoms with Gasteiger partial charge in [-0.3, -0.25) is 14.8 Å². The number of carbonyl (C=O) groups excluding carboxylic acids is 1. The molecule has 1 amide bonds. The Kier molecular flexibility index (Phi) is 9.75. The van der Waals surface area contributed by atoms with E-state index in [1.807, 2.05) is 57.2 Å². The number of amidine groups is 1. The zero-order chi connectivity index (χ0) is 25.4. The van der Waals surface area contributed by atoms with Gasteiger partial charge in [0.25, 0.3) is 0 Å². The van der Waals surface area contributed by atoms with Crippen LogP contribution in [0.2, 0.25) is 0 Å². The van der Waals surface area contributed by atoms with E-state index >= 15 is 0 Å². The number of dihydropyridines is 1. The van der Waals surface area contributed by atoms with Gasteiger partial charge in [-0.2, -0.15) is 0 Å². The van der Waals surface area contributed by atoms with Crippen LogP contribution in [0.1, 0.15) is 47.0 Å². The van der Waals surface area contributed by atoms with Crippen LogP contribution in [-0.4, -0.2) is 69.9 Å². The number of piperidine rings is 1. The zero-order valence-corrected chi connectivity index (χ0v) is 22.4. The van der Waals surface area contributed by atoms with Crippen LogP contribution in [0.25, 0.3) is 0 Å². The van der Waals surface area contributed by atoms with E-state index < -0.39 is 5.60 Å². The minimum absolute atomic E-state index is 0.0361. The normalized spacial score (nSPS) is 25.6. The number of nitrogens with zero attached hydrogens (tertiary/aromatic N) is 3. The number of thioether (sulfide) groups is 1. The van der Waals surface area contributed by atoms with Crippen LogP contribution in [-0.2, 0) is 4.79 Å². The fourth-order valence-electron chi connectivity index (χ4n) is 4.38. The first-order valence-electron chi connectivity index (χ1n) is 12.6. The molecule has 3 atom stereocenters. The van der Waals surface area contributed by atoms with Gasteiger partial charge in [-0.15, -0.1) is 11.8 Å². The molecule has 3 heterocycles. The van der Waals surface area contributed by atoms with Crippen molar-refractivity contribution in [1.29, 1.82) is 0 Å². The molecule has 0 aromatic carbocycles. The number of carbonyl (C=O) groups is 1. The van der Waals surface area contributed by atoms with Gasteiger partial charge in [-0.05, 0) is 51.7 Å². The fourth-order valence-corrected chi connectivity index (χ4v) is 5.60. The molecule has 0 radical (unpaired) electrons. The fraction of sp³-hybridized carbons (Fsp3) is 0.536. The molecule has 3 aliphatic rings. The number of rotatable bonds is 8. The highest BCUT2D eigenvalue weighted by Gasteiger charge is 2.35. The van der Waals surface area contributed by atoms with Gasteiger partial charge in [-0.1, -0.05) is 55.5 Å². The molecule has 1 saturated heterocycles. The summed E-state index contributed by atoms with van der Waals surface area (Å²) in [6.07, 6.45) is 16.4. The van der Waals surface area contributed by atoms with Crippen molar-refractivity contribution in [2.24, 2.45) is 15.9 Å². The van der Waals surface area contributed by atoms with Crippen molar-refractivity contribution < 1.29 is 9.90 Å². The van der Waals surface area contributed by atoms with Crippen molar-refractivity contribution >= 4 is 28.5 Å². The minimum atomic E-state index is -0.749. The molecule has 7 heteroatoms. The number of likely N-dealkylation sites (tertiary alicyclic amines) is 1. The van der Waals surface area contributed by atoms with Gasteiger partial charge in [0.2, 0.25) is 5.91 Å². The lowest BCUT2D eigenvalue weighted by Crippen LogP contribution is -2.48. The Labute approximate surface area is 214 Å². The second-order valence-corrected chi connectivity index (χ2v) is 10.6. The van der Waals surface area contributed by atoms with E-state index in [4.69, 9.17) is 9.98 Å². The molecule has 35 heavy (non-hydrogen) atoms. The van der Waals surface area contributed by atoms with E-state index in [-0.39, 0.29) is 23.9 Å². The summed E-state index contributed by atoms with van der Waals surface area (Å²) in [5.74, 6) is 1.81. The summed E-state index contributed by atoms with van der Waals surface area (Å²) in [5.41, 5.74) is 1.27. The third-order valence-corrected chi connectivity index (χ3v) is 7.97. The quantitative estimate of drug-likeness (QED) is 0.487. The third-order valence-electron chi connectivity index (χ3n) is 6.79. The Morgan fingerprint density at radius 3 is 2.74 bits per heavy atom. The summed E-state index contributed by atoms with van der Waals surface area (Å²) in [4.78, 5) is 24.5. The Hall–Kier alpha value is -2.38. The summed E-state index contributed by atoms with van der Waals surface area (Å²) in [7, 11) is 0. The van der Waals surface area contributed by atoms with Crippen LogP contribution in [0.15, 0.2) is 70.2 Å². The van der Waals surface area contributed by atoms with Crippen molar-refractivity contribution in [2.75, 3.05) is 25.4 Å². The van der Waals surface area contributed by atoms with E-state index in [1.165, 1.54) is 0 Å². The van der Waals surface area contributed by atoms with Gasteiger partial charge < -0.3 is 15.3 Å². The molecular formula is C28H40N4O2S. The lowest BCUT2D eigenvalue weighted by atomic mass is 9.84. The summed E-state index contributed by atoms with van der Waals surface area (Å²) in [6.45, 7) is 14.0. The molecule has 0 aromatic heterocycles. The number of nitrogens with one attached hydrogen (secondary N) is 1. The van der Waals surface area contributed by atoms with Crippen molar-refractivity contribution in [3.05, 3.63) is 60.3 Å². The number of hydrogen-bond donors (Lipinski definition) is 2. The van der Waals surface area contributed by atoms with Gasteiger partial charge in [0.1, 0.15) is 11.9 Å². The molecule has 1 fully saturated rings. The molecule has 190 valence electrons. The lowest BCUT2D eigenvalue weighted by Gasteiger charge is -2.40. The average molecular weight is 497 g/mol. The first-order chi connectivity index (χ1) is 16.8. The average Bonchev–Trinajstić information content (AvgIpc) is 3.34. The molecule has 0 bridgehead atoms. The number of aliphatic hydroxyl groups is 1. The highest BCUT2D eigenvalue weighted by atomic mass is 32.2. The molecule has 0 saturated carbocycles. The molecule has 3 unspecified atom stereocenters. The van der Waals surface area contributed by atoms with Gasteiger partial charge in [0, 0.05) is 24.8 Å². The van der Waals surface area contributed by atoms with E-state index in [0.717, 1.165) is 41.5 Å². The van der Waals surface area contributed by atoms with Crippen LogP contribution >= 0.6 is 11.8 Å². The highest BCUT2D eigenvalue weighted by Crippen LogP contribution is 2.30. The molecule has 6 nitrogen and oxygen atoms in total. The zero-order valence-electron chi connectivity index (χ0n) is 21.5. The SMILES string of the molecule is C=C(C)C=CC(CC)C1=NC(C(=O)NC2C=CC(N3CCC(O)(C(C)=CC=CC)CC3)=NC2)CS1. The Balaban J connectivity index is 1.50. The van der Waals surface area contributed by atoms with Crippen LogP contribution in [0.4, 0.5) is 0 Å². The molecular weight excluding hydrogens is 456 g/mol. The monoisotopic (exact) mass is 496 g/mol. The predicted molar refractivity (Wildman–Crippen MR) is 149 cm³/mol. The maximum absolute atomic E-state index is 12.8. The summed E-state index contributed by atoms with van der Waals surface area (Å²) in [6, 6.07) is -0.465. The van der Waals surface area contributed by atoms with Crippen LogP contribution in [0.5, 0.6) is 0 Å². The van der Waals surface area contributed by atoms with Crippen molar-refractivity contribution in [1.82, 2.24) is 10.2 Å². The largest absolute Gasteiger partial charge is 0.385 e. The van der Waals surface area contributed by atoms with E-state index in [0.29, 0.717) is 25.1 Å². The van der Waals surface area contributed by atoms with Gasteiger partial charge in [0.05, 0.1) is 23.2 Å². The van der Waals surface area contributed by atoms with Crippen molar-refractivity contribution in [3.8, 4) is 0 Å². The Bertz CT molecular complexity index is 967. The molecule has 0 aromatic rings. The predicted octanol–water partition coefficient (Wildman–Crippen LogP) is 4.46. The first-order valence-corrected chi connectivity index (χ1v) is 13.6. The maximum atomic E-state index is 12.8. The molecule has 3 aliphatic heterocycles. The Morgan fingerprint density at radius 2 is 2.14 bits per heavy atom. The number of hydrogen-bond acceptors (Lipinski definition) is 6. The molecule has 0 aliphatic carbocycles. The first kappa shape index (κ1) is 27.2. The molecule has 0 spiro atoms. The lowest BCUT2D eigenvalue weighted by molar-refractivity contribution is -0.122. The van der Waals surface area contributed by atoms with Crippen molar-refractivity contribution in [2.45, 2.75) is 64.6 Å². The molecule has 2 N–H and O–H groups in total. The van der Waals surface area contributed by atoms with Gasteiger partial charge in [-0.25, -0.2) is 0 Å². The topological polar surface area (TPSA) is 77.3 Å². The summed E-state index contributed by atoms with van der Waals surface area (Å²) in [5, 5.41) is 15.1. The summed E-state index contributed by atoms with van der Waals surface area (Å²) >= 11 is 1.68. The number of amides is 1. The highest BCUT2D eigenvalue weighted by molar-refractivity contribution is 8.14. The summed E-state index contributed by atoms with van der Waals surface area (Å²) < 4.78 is 0. The van der Waals surface area contributed by atoms with Gasteiger partial charge >= 0.3 is 0 Å². The smallest absolute Gasteiger partial charge is 0.246 e. The minimum Gasteiger partial charge on any atom is -0.385 e. The standard InChI is InChI=1S/C28H40N4O2S/c1-6-8-9-21(5)28(34)14-16-32(17-15-28)25-13-12-23(18-29-25)30-26(33)24-19-35-27(31-24)22(7-2)11-10-20(3)4/h6,8-13,22-24,34H,3,7,14-19H2,1-2,4-5H3,(H,30,33). The van der Waals surface area contributed by atoms with Crippen LogP contribution < -0.4 is 5.32 Å². The van der Waals surface area contributed by atoms with Crippen LogP contribution in [0.3, 0.4) is 0 Å². The number of allylic oxidation sites excluding steroid dienone is 6.